The number of aromatic nitrogens is 5. The van der Waals surface area contributed by atoms with Crippen molar-refractivity contribution in [2.75, 3.05) is 7.11 Å². The van der Waals surface area contributed by atoms with Crippen LogP contribution in [0.2, 0.25) is 0 Å². The Hall–Kier alpha value is -3.91. The van der Waals surface area contributed by atoms with Crippen LogP contribution in [0.3, 0.4) is 0 Å². The van der Waals surface area contributed by atoms with Crippen LogP contribution < -0.4 is 4.74 Å². The third-order valence-corrected chi connectivity index (χ3v) is 6.31. The van der Waals surface area contributed by atoms with Crippen molar-refractivity contribution < 1.29 is 9.26 Å². The maximum absolute atomic E-state index is 5.47. The number of hydrogen-bond acceptors (Lipinski definition) is 7. The van der Waals surface area contributed by atoms with Gasteiger partial charge in [-0.25, -0.2) is 0 Å². The molecule has 0 saturated carbocycles. The predicted molar refractivity (Wildman–Crippen MR) is 131 cm³/mol. The van der Waals surface area contributed by atoms with Gasteiger partial charge in [0.05, 0.1) is 12.9 Å². The number of methoxy groups -OCH3 is 1. The second-order valence-electron chi connectivity index (χ2n) is 7.59. The van der Waals surface area contributed by atoms with Gasteiger partial charge >= 0.3 is 0 Å². The summed E-state index contributed by atoms with van der Waals surface area (Å²) in [7, 11) is 1.66. The first-order chi connectivity index (χ1) is 16.8. The molecule has 5 rings (SSSR count). The average molecular weight is 470 g/mol. The molecule has 0 aliphatic rings. The predicted octanol–water partition coefficient (Wildman–Crippen LogP) is 5.54. The van der Waals surface area contributed by atoms with Gasteiger partial charge in [0, 0.05) is 17.7 Å². The number of thioether (sulfide) groups is 1. The molecule has 7 nitrogen and oxygen atoms in total. The minimum Gasteiger partial charge on any atom is -0.497 e. The van der Waals surface area contributed by atoms with E-state index in [2.05, 4.69) is 49.2 Å². The third kappa shape index (κ3) is 5.02. The van der Waals surface area contributed by atoms with Crippen LogP contribution in [0.15, 0.2) is 94.6 Å². The first kappa shape index (κ1) is 21.9. The second kappa shape index (κ2) is 10.4. The summed E-state index contributed by atoms with van der Waals surface area (Å²) < 4.78 is 12.9. The Morgan fingerprint density at radius 1 is 0.853 bits per heavy atom. The Morgan fingerprint density at radius 3 is 2.32 bits per heavy atom. The Kier molecular flexibility index (Phi) is 6.67. The first-order valence-corrected chi connectivity index (χ1v) is 11.9. The normalized spacial score (nSPS) is 11.0. The monoisotopic (exact) mass is 469 g/mol. The van der Waals surface area contributed by atoms with Gasteiger partial charge in [-0.1, -0.05) is 77.6 Å². The van der Waals surface area contributed by atoms with Crippen molar-refractivity contribution in [3.05, 3.63) is 96.4 Å². The van der Waals surface area contributed by atoms with Crippen LogP contribution in [-0.2, 0) is 18.7 Å². The molecule has 0 atom stereocenters. The van der Waals surface area contributed by atoms with Crippen LogP contribution in [0, 0.1) is 0 Å². The van der Waals surface area contributed by atoms with E-state index >= 15 is 0 Å². The van der Waals surface area contributed by atoms with Crippen LogP contribution >= 0.6 is 11.8 Å². The van der Waals surface area contributed by atoms with Gasteiger partial charge < -0.3 is 13.8 Å². The largest absolute Gasteiger partial charge is 0.497 e. The number of benzene rings is 3. The minimum atomic E-state index is 0.506. The molecule has 0 amide bonds. The maximum Gasteiger partial charge on any atom is 0.237 e. The molecule has 2 aromatic heterocycles. The zero-order valence-corrected chi connectivity index (χ0v) is 19.5. The number of nitrogens with zero attached hydrogens (tertiary/aromatic N) is 5. The van der Waals surface area contributed by atoms with Gasteiger partial charge in [0.15, 0.2) is 11.0 Å². The SMILES string of the molecule is COc1ccc(-c2nnc(SCc3nc(-c4ccccc4)no3)n2CCc2ccccc2)cc1. The van der Waals surface area contributed by atoms with Crippen molar-refractivity contribution in [3.63, 3.8) is 0 Å². The molecule has 0 aliphatic heterocycles. The van der Waals surface area contributed by atoms with Gasteiger partial charge in [0.25, 0.3) is 0 Å². The summed E-state index contributed by atoms with van der Waals surface area (Å²) in [4.78, 5) is 4.53. The van der Waals surface area contributed by atoms with Gasteiger partial charge in [-0.3, -0.25) is 0 Å². The quantitative estimate of drug-likeness (QED) is 0.262. The van der Waals surface area contributed by atoms with Crippen LogP contribution in [0.4, 0.5) is 0 Å². The standard InChI is InChI=1S/C26H23N5O2S/c1-32-22-14-12-21(13-15-22)25-28-29-26(31(25)17-16-19-8-4-2-5-9-19)34-18-23-27-24(30-33-23)20-10-6-3-7-11-20/h2-15H,16-18H2,1H3. The summed E-state index contributed by atoms with van der Waals surface area (Å²) in [5, 5.41) is 13.9. The summed E-state index contributed by atoms with van der Waals surface area (Å²) in [5.74, 6) is 3.26. The molecule has 0 N–H and O–H groups in total. The van der Waals surface area contributed by atoms with Gasteiger partial charge in [-0.2, -0.15) is 4.98 Å². The Bertz CT molecular complexity index is 1330. The summed E-state index contributed by atoms with van der Waals surface area (Å²) >= 11 is 1.54. The lowest BCUT2D eigenvalue weighted by Crippen LogP contribution is -2.05. The molecule has 2 heterocycles. The Labute approximate surface area is 201 Å². The van der Waals surface area contributed by atoms with E-state index in [-0.39, 0.29) is 0 Å². The van der Waals surface area contributed by atoms with E-state index in [9.17, 15) is 0 Å². The molecule has 5 aromatic rings. The minimum absolute atomic E-state index is 0.506. The number of rotatable bonds is 9. The lowest BCUT2D eigenvalue weighted by molar-refractivity contribution is 0.391. The Morgan fingerprint density at radius 2 is 1.59 bits per heavy atom. The highest BCUT2D eigenvalue weighted by atomic mass is 32.2. The van der Waals surface area contributed by atoms with E-state index in [1.165, 1.54) is 17.3 Å². The van der Waals surface area contributed by atoms with E-state index in [1.807, 2.05) is 60.7 Å². The van der Waals surface area contributed by atoms with E-state index in [0.717, 1.165) is 40.8 Å². The highest BCUT2D eigenvalue weighted by Gasteiger charge is 2.17. The molecule has 0 spiro atoms. The number of aryl methyl sites for hydroxylation is 1. The summed E-state index contributed by atoms with van der Waals surface area (Å²) in [6.45, 7) is 0.750. The molecular weight excluding hydrogens is 446 g/mol. The van der Waals surface area contributed by atoms with Crippen molar-refractivity contribution in [1.29, 1.82) is 0 Å². The van der Waals surface area contributed by atoms with Crippen LogP contribution in [0.5, 0.6) is 5.75 Å². The maximum atomic E-state index is 5.47. The molecule has 0 bridgehead atoms. The van der Waals surface area contributed by atoms with E-state index in [0.29, 0.717) is 17.5 Å². The van der Waals surface area contributed by atoms with Crippen molar-refractivity contribution >= 4 is 11.8 Å². The van der Waals surface area contributed by atoms with Gasteiger partial charge in [-0.15, -0.1) is 10.2 Å². The van der Waals surface area contributed by atoms with Gasteiger partial charge in [-0.05, 0) is 36.2 Å². The van der Waals surface area contributed by atoms with Crippen LogP contribution in [-0.4, -0.2) is 32.0 Å². The van der Waals surface area contributed by atoms with Crippen LogP contribution in [0.25, 0.3) is 22.8 Å². The molecule has 170 valence electrons. The number of ether oxygens (including phenoxy) is 1. The highest BCUT2D eigenvalue weighted by molar-refractivity contribution is 7.98. The summed E-state index contributed by atoms with van der Waals surface area (Å²) in [5.41, 5.74) is 3.17. The second-order valence-corrected chi connectivity index (χ2v) is 8.53. The molecular formula is C26H23N5O2S. The molecule has 0 fully saturated rings. The zero-order valence-electron chi connectivity index (χ0n) is 18.7. The molecule has 34 heavy (non-hydrogen) atoms. The molecule has 0 aliphatic carbocycles. The number of hydrogen-bond donors (Lipinski definition) is 0. The molecule has 3 aromatic carbocycles. The fourth-order valence-electron chi connectivity index (χ4n) is 3.58. The molecule has 8 heteroatoms. The van der Waals surface area contributed by atoms with Gasteiger partial charge in [0.2, 0.25) is 11.7 Å². The summed E-state index contributed by atoms with van der Waals surface area (Å²) in [6.07, 6.45) is 0.869. The lowest BCUT2D eigenvalue weighted by Gasteiger charge is -2.10. The van der Waals surface area contributed by atoms with Crippen LogP contribution in [0.1, 0.15) is 11.5 Å². The molecule has 0 radical (unpaired) electrons. The van der Waals surface area contributed by atoms with E-state index in [4.69, 9.17) is 9.26 Å². The van der Waals surface area contributed by atoms with Gasteiger partial charge in [0.1, 0.15) is 5.75 Å². The van der Waals surface area contributed by atoms with E-state index < -0.39 is 0 Å². The molecule has 0 saturated heterocycles. The van der Waals surface area contributed by atoms with Crippen molar-refractivity contribution in [1.82, 2.24) is 24.9 Å². The highest BCUT2D eigenvalue weighted by Crippen LogP contribution is 2.28. The van der Waals surface area contributed by atoms with Crippen molar-refractivity contribution in [3.8, 4) is 28.5 Å². The average Bonchev–Trinajstić information content (AvgIpc) is 3.54. The zero-order chi connectivity index (χ0) is 23.2. The van der Waals surface area contributed by atoms with Crippen molar-refractivity contribution in [2.24, 2.45) is 0 Å². The van der Waals surface area contributed by atoms with Crippen molar-refractivity contribution in [2.45, 2.75) is 23.9 Å². The topological polar surface area (TPSA) is 78.9 Å². The summed E-state index contributed by atoms with van der Waals surface area (Å²) in [6, 6.07) is 28.1. The Balaban J connectivity index is 1.37. The smallest absolute Gasteiger partial charge is 0.237 e. The third-order valence-electron chi connectivity index (χ3n) is 5.36. The molecule has 0 unspecified atom stereocenters. The van der Waals surface area contributed by atoms with E-state index in [1.54, 1.807) is 7.11 Å². The first-order valence-electron chi connectivity index (χ1n) is 10.9. The fourth-order valence-corrected chi connectivity index (χ4v) is 4.38. The lowest BCUT2D eigenvalue weighted by atomic mass is 10.1. The fraction of sp³-hybridized carbons (Fsp3) is 0.154.